The summed E-state index contributed by atoms with van der Waals surface area (Å²) < 4.78 is 30.8. The van der Waals surface area contributed by atoms with Gasteiger partial charge in [0.15, 0.2) is 16.4 Å². The Hall–Kier alpha value is -2.41. The van der Waals surface area contributed by atoms with Gasteiger partial charge in [-0.25, -0.2) is 13.2 Å². The van der Waals surface area contributed by atoms with Gasteiger partial charge in [0.2, 0.25) is 5.78 Å². The van der Waals surface area contributed by atoms with Crippen LogP contribution in [0.4, 0.5) is 0 Å². The number of ether oxygens (including phenoxy) is 1. The lowest BCUT2D eigenvalue weighted by Gasteiger charge is -2.16. The number of aromatic nitrogens is 1. The topological polar surface area (TPSA) is 82.4 Å². The number of benzene rings is 1. The molecule has 1 aromatic heterocycles. The third-order valence-corrected chi connectivity index (χ3v) is 7.26. The van der Waals surface area contributed by atoms with Crippen LogP contribution in [0.2, 0.25) is 0 Å². The first kappa shape index (κ1) is 21.3. The van der Waals surface area contributed by atoms with E-state index in [1.54, 1.807) is 25.1 Å². The van der Waals surface area contributed by atoms with Crippen molar-refractivity contribution in [2.45, 2.75) is 46.1 Å². The van der Waals surface area contributed by atoms with Crippen molar-refractivity contribution in [2.75, 3.05) is 18.1 Å². The van der Waals surface area contributed by atoms with Gasteiger partial charge < -0.3 is 9.30 Å². The zero-order valence-corrected chi connectivity index (χ0v) is 18.1. The number of hydrogen-bond acceptors (Lipinski definition) is 5. The maximum Gasteiger partial charge on any atom is 0.338 e. The van der Waals surface area contributed by atoms with Gasteiger partial charge in [-0.15, -0.1) is 0 Å². The number of rotatable bonds is 6. The van der Waals surface area contributed by atoms with Crippen LogP contribution in [-0.2, 0) is 14.6 Å². The van der Waals surface area contributed by atoms with Crippen LogP contribution >= 0.6 is 0 Å². The van der Waals surface area contributed by atoms with Crippen molar-refractivity contribution in [2.24, 2.45) is 0 Å². The van der Waals surface area contributed by atoms with Gasteiger partial charge in [0.25, 0.3) is 0 Å². The van der Waals surface area contributed by atoms with Gasteiger partial charge in [-0.3, -0.25) is 4.79 Å². The van der Waals surface area contributed by atoms with Crippen molar-refractivity contribution in [3.63, 3.8) is 0 Å². The van der Waals surface area contributed by atoms with Gasteiger partial charge >= 0.3 is 5.97 Å². The molecule has 0 N–H and O–H groups in total. The third-order valence-electron chi connectivity index (χ3n) is 5.51. The van der Waals surface area contributed by atoms with E-state index in [-0.39, 0.29) is 29.9 Å². The van der Waals surface area contributed by atoms with Crippen LogP contribution in [0.5, 0.6) is 0 Å². The highest BCUT2D eigenvalue weighted by Gasteiger charge is 2.31. The average Bonchev–Trinajstić information content (AvgIpc) is 3.17. The molecule has 0 amide bonds. The lowest BCUT2D eigenvalue weighted by Crippen LogP contribution is -2.17. The van der Waals surface area contributed by atoms with Gasteiger partial charge in [0.1, 0.15) is 0 Å². The Morgan fingerprint density at radius 1 is 1.17 bits per heavy atom. The lowest BCUT2D eigenvalue weighted by molar-refractivity contribution is 0.0474. The van der Waals surface area contributed by atoms with Crippen molar-refractivity contribution in [1.29, 1.82) is 0 Å². The minimum atomic E-state index is -3.02. The second-order valence-electron chi connectivity index (χ2n) is 7.99. The minimum Gasteiger partial charge on any atom is -0.454 e. The summed E-state index contributed by atoms with van der Waals surface area (Å²) in [6.07, 6.45) is 0.549. The number of carbonyl (C=O) groups excluding carboxylic acids is 2. The van der Waals surface area contributed by atoms with E-state index in [0.29, 0.717) is 29.2 Å². The van der Waals surface area contributed by atoms with Crippen molar-refractivity contribution < 1.29 is 22.7 Å². The smallest absolute Gasteiger partial charge is 0.338 e. The van der Waals surface area contributed by atoms with Crippen molar-refractivity contribution in [3.05, 3.63) is 58.4 Å². The molecule has 1 saturated heterocycles. The van der Waals surface area contributed by atoms with Crippen LogP contribution in [0.25, 0.3) is 0 Å². The normalized spacial score (nSPS) is 18.2. The summed E-state index contributed by atoms with van der Waals surface area (Å²) in [5.41, 5.74) is 3.55. The molecule has 1 aliphatic heterocycles. The molecule has 0 saturated carbocycles. The molecule has 29 heavy (non-hydrogen) atoms. The van der Waals surface area contributed by atoms with Gasteiger partial charge in [0.05, 0.1) is 17.1 Å². The summed E-state index contributed by atoms with van der Waals surface area (Å²) >= 11 is 0. The molecular weight excluding hydrogens is 390 g/mol. The van der Waals surface area contributed by atoms with E-state index in [9.17, 15) is 18.0 Å². The highest BCUT2D eigenvalue weighted by atomic mass is 32.2. The number of esters is 1. The van der Waals surface area contributed by atoms with Crippen molar-refractivity contribution in [3.8, 4) is 0 Å². The SMILES string of the molecule is Cc1cc(C(=O)COC(=O)c2ccc(C(C)C)cc2)c(C)n1C1CCS(=O)(=O)C1. The lowest BCUT2D eigenvalue weighted by atomic mass is 10.0. The van der Waals surface area contributed by atoms with Gasteiger partial charge in [-0.1, -0.05) is 26.0 Å². The molecule has 156 valence electrons. The standard InChI is InChI=1S/C22H27NO5S/c1-14(2)17-5-7-18(8-6-17)22(25)28-12-21(24)20-11-15(3)23(16(20)4)19-9-10-29(26,27)13-19/h5-8,11,14,19H,9-10,12-13H2,1-4H3. The highest BCUT2D eigenvalue weighted by Crippen LogP contribution is 2.29. The largest absolute Gasteiger partial charge is 0.454 e. The third kappa shape index (κ3) is 4.61. The monoisotopic (exact) mass is 417 g/mol. The van der Waals surface area contributed by atoms with Crippen LogP contribution in [0.3, 0.4) is 0 Å². The Morgan fingerprint density at radius 2 is 1.83 bits per heavy atom. The zero-order valence-electron chi connectivity index (χ0n) is 17.3. The Balaban J connectivity index is 1.68. The van der Waals surface area contributed by atoms with E-state index in [1.807, 2.05) is 23.6 Å². The maximum absolute atomic E-state index is 12.6. The van der Waals surface area contributed by atoms with Gasteiger partial charge in [0, 0.05) is 23.0 Å². The van der Waals surface area contributed by atoms with E-state index in [2.05, 4.69) is 13.8 Å². The summed E-state index contributed by atoms with van der Waals surface area (Å²) in [6, 6.07) is 8.76. The second-order valence-corrected chi connectivity index (χ2v) is 10.2. The Morgan fingerprint density at radius 3 is 2.38 bits per heavy atom. The first-order chi connectivity index (χ1) is 13.6. The molecule has 1 aliphatic rings. The highest BCUT2D eigenvalue weighted by molar-refractivity contribution is 7.91. The van der Waals surface area contributed by atoms with Crippen molar-refractivity contribution in [1.82, 2.24) is 4.57 Å². The average molecular weight is 418 g/mol. The number of sulfone groups is 1. The molecule has 1 unspecified atom stereocenters. The fourth-order valence-electron chi connectivity index (χ4n) is 3.90. The molecule has 0 radical (unpaired) electrons. The molecule has 2 heterocycles. The number of carbonyl (C=O) groups is 2. The first-order valence-electron chi connectivity index (χ1n) is 9.78. The molecule has 3 rings (SSSR count). The van der Waals surface area contributed by atoms with Crippen LogP contribution in [0, 0.1) is 13.8 Å². The minimum absolute atomic E-state index is 0.0956. The predicted octanol–water partition coefficient (Wildman–Crippen LogP) is 3.63. The van der Waals surface area contributed by atoms with E-state index in [1.165, 1.54) is 0 Å². The zero-order chi connectivity index (χ0) is 21.3. The van der Waals surface area contributed by atoms with E-state index in [0.717, 1.165) is 11.3 Å². The second kappa shape index (κ2) is 8.14. The van der Waals surface area contributed by atoms with Crippen LogP contribution < -0.4 is 0 Å². The summed E-state index contributed by atoms with van der Waals surface area (Å²) in [5, 5.41) is 0. The van der Waals surface area contributed by atoms with E-state index >= 15 is 0 Å². The molecule has 2 aromatic rings. The maximum atomic E-state index is 12.6. The number of Topliss-reactive ketones (excluding diaryl/α,β-unsaturated/α-hetero) is 1. The van der Waals surface area contributed by atoms with Gasteiger partial charge in [-0.2, -0.15) is 0 Å². The first-order valence-corrected chi connectivity index (χ1v) is 11.6. The number of hydrogen-bond donors (Lipinski definition) is 0. The molecule has 6 nitrogen and oxygen atoms in total. The van der Waals surface area contributed by atoms with E-state index < -0.39 is 15.8 Å². The summed E-state index contributed by atoms with van der Waals surface area (Å²) in [7, 11) is -3.02. The van der Waals surface area contributed by atoms with Crippen LogP contribution in [-0.4, -0.2) is 42.9 Å². The Kier molecular flexibility index (Phi) is 5.98. The molecule has 0 spiro atoms. The molecule has 1 atom stereocenters. The number of aryl methyl sites for hydroxylation is 1. The van der Waals surface area contributed by atoms with Crippen LogP contribution in [0.15, 0.2) is 30.3 Å². The summed E-state index contributed by atoms with van der Waals surface area (Å²) in [5.74, 6) is -0.197. The molecule has 1 aromatic carbocycles. The molecule has 0 aliphatic carbocycles. The number of nitrogens with zero attached hydrogens (tertiary/aromatic N) is 1. The van der Waals surface area contributed by atoms with Gasteiger partial charge in [-0.05, 0) is 49.9 Å². The molecule has 0 bridgehead atoms. The molecule has 1 fully saturated rings. The number of ketones is 1. The fraction of sp³-hybridized carbons (Fsp3) is 0.455. The quantitative estimate of drug-likeness (QED) is 0.529. The summed E-state index contributed by atoms with van der Waals surface area (Å²) in [4.78, 5) is 24.9. The Bertz CT molecular complexity index is 1030. The molecule has 7 heteroatoms. The summed E-state index contributed by atoms with van der Waals surface area (Å²) in [6.45, 7) is 7.46. The molecular formula is C22H27NO5S. The predicted molar refractivity (Wildman–Crippen MR) is 111 cm³/mol. The van der Waals surface area contributed by atoms with E-state index in [4.69, 9.17) is 4.74 Å². The van der Waals surface area contributed by atoms with Crippen molar-refractivity contribution >= 4 is 21.6 Å². The Labute approximate surface area is 171 Å². The van der Waals surface area contributed by atoms with Crippen LogP contribution in [0.1, 0.15) is 69.9 Å². The fourth-order valence-corrected chi connectivity index (χ4v) is 5.60.